The largest absolute Gasteiger partial charge is 0.381 e. The number of hydrogen-bond acceptors (Lipinski definition) is 4. The molecule has 0 aromatic carbocycles. The van der Waals surface area contributed by atoms with E-state index in [-0.39, 0.29) is 0 Å². The van der Waals surface area contributed by atoms with E-state index in [1.165, 1.54) is 24.1 Å². The van der Waals surface area contributed by atoms with Crippen molar-refractivity contribution in [3.8, 4) is 0 Å². The number of ether oxygens (including phenoxy) is 1. The topological polar surface area (TPSA) is 49.8 Å². The van der Waals surface area contributed by atoms with E-state index in [4.69, 9.17) is 9.73 Å². The molecule has 0 spiro atoms. The summed E-state index contributed by atoms with van der Waals surface area (Å²) in [5.74, 6) is 1.77. The summed E-state index contributed by atoms with van der Waals surface area (Å²) in [5.41, 5.74) is 0. The molecule has 2 rings (SSSR count). The first-order chi connectivity index (χ1) is 11.2. The Morgan fingerprint density at radius 3 is 2.87 bits per heavy atom. The van der Waals surface area contributed by atoms with Crippen LogP contribution in [0.25, 0.3) is 0 Å². The number of rotatable bonds is 7. The molecule has 5 nitrogen and oxygen atoms in total. The third-order valence-corrected chi connectivity index (χ3v) is 5.35. The second-order valence-corrected chi connectivity index (χ2v) is 7.21. The summed E-state index contributed by atoms with van der Waals surface area (Å²) in [4.78, 5) is 12.8. The zero-order chi connectivity index (χ0) is 16.5. The lowest BCUT2D eigenvalue weighted by Gasteiger charge is -2.26. The average Bonchev–Trinajstić information content (AvgIpc) is 3.05. The Labute approximate surface area is 144 Å². The predicted octanol–water partition coefficient (Wildman–Crippen LogP) is 2.92. The molecule has 0 radical (unpaired) electrons. The SMILES string of the molecule is CCNC(=NCc1ncc(CC)s1)N(C)CCC1CCOCC1. The summed E-state index contributed by atoms with van der Waals surface area (Å²) in [6.07, 6.45) is 6.62. The molecule has 1 aliphatic heterocycles. The Kier molecular flexibility index (Phi) is 7.82. The molecule has 0 bridgehead atoms. The van der Waals surface area contributed by atoms with Gasteiger partial charge in [-0.15, -0.1) is 11.3 Å². The zero-order valence-electron chi connectivity index (χ0n) is 14.7. The fourth-order valence-electron chi connectivity index (χ4n) is 2.71. The highest BCUT2D eigenvalue weighted by Crippen LogP contribution is 2.18. The van der Waals surface area contributed by atoms with Crippen LogP contribution >= 0.6 is 11.3 Å². The molecule has 1 aliphatic rings. The van der Waals surface area contributed by atoms with Crippen molar-refractivity contribution in [2.75, 3.05) is 33.4 Å². The Morgan fingerprint density at radius 1 is 1.43 bits per heavy atom. The highest BCUT2D eigenvalue weighted by Gasteiger charge is 2.15. The Bertz CT molecular complexity index is 483. The van der Waals surface area contributed by atoms with Crippen LogP contribution in [0.15, 0.2) is 11.2 Å². The van der Waals surface area contributed by atoms with Gasteiger partial charge in [0.1, 0.15) is 5.01 Å². The second kappa shape index (κ2) is 9.88. The fourth-order valence-corrected chi connectivity index (χ4v) is 3.50. The first-order valence-corrected chi connectivity index (χ1v) is 9.55. The molecule has 0 aliphatic carbocycles. The standard InChI is InChI=1S/C17H30N4OS/c1-4-15-12-19-16(23-15)13-20-17(18-5-2)21(3)9-6-14-7-10-22-11-8-14/h12,14H,4-11,13H2,1-3H3,(H,18,20). The van der Waals surface area contributed by atoms with Crippen LogP contribution in [0.3, 0.4) is 0 Å². The maximum Gasteiger partial charge on any atom is 0.194 e. The molecule has 1 saturated heterocycles. The van der Waals surface area contributed by atoms with Crippen LogP contribution in [-0.2, 0) is 17.7 Å². The van der Waals surface area contributed by atoms with Gasteiger partial charge < -0.3 is 15.0 Å². The number of hydrogen-bond donors (Lipinski definition) is 1. The third-order valence-electron chi connectivity index (χ3n) is 4.22. The molecule has 23 heavy (non-hydrogen) atoms. The highest BCUT2D eigenvalue weighted by molar-refractivity contribution is 7.11. The normalized spacial score (nSPS) is 16.6. The van der Waals surface area contributed by atoms with Crippen molar-refractivity contribution in [2.24, 2.45) is 10.9 Å². The summed E-state index contributed by atoms with van der Waals surface area (Å²) >= 11 is 1.76. The van der Waals surface area contributed by atoms with Crippen molar-refractivity contribution in [1.82, 2.24) is 15.2 Å². The van der Waals surface area contributed by atoms with Crippen molar-refractivity contribution in [1.29, 1.82) is 0 Å². The molecule has 1 N–H and O–H groups in total. The van der Waals surface area contributed by atoms with Gasteiger partial charge in [-0.25, -0.2) is 9.98 Å². The number of guanidine groups is 1. The van der Waals surface area contributed by atoms with Crippen molar-refractivity contribution in [3.05, 3.63) is 16.1 Å². The van der Waals surface area contributed by atoms with Crippen molar-refractivity contribution in [2.45, 2.75) is 46.1 Å². The van der Waals surface area contributed by atoms with Crippen LogP contribution in [0.2, 0.25) is 0 Å². The average molecular weight is 339 g/mol. The van der Waals surface area contributed by atoms with Crippen molar-refractivity contribution >= 4 is 17.3 Å². The summed E-state index contributed by atoms with van der Waals surface area (Å²) in [6.45, 7) is 8.70. The molecular formula is C17H30N4OS. The number of aliphatic imine (C=N–C) groups is 1. The van der Waals surface area contributed by atoms with Crippen LogP contribution in [0.1, 0.15) is 43.0 Å². The van der Waals surface area contributed by atoms with Crippen LogP contribution in [0.4, 0.5) is 0 Å². The molecule has 1 aromatic rings. The molecule has 0 saturated carbocycles. The summed E-state index contributed by atoms with van der Waals surface area (Å²) in [7, 11) is 2.13. The smallest absolute Gasteiger partial charge is 0.194 e. The predicted molar refractivity (Wildman–Crippen MR) is 97.1 cm³/mol. The van der Waals surface area contributed by atoms with Gasteiger partial charge in [0.25, 0.3) is 0 Å². The molecule has 1 aromatic heterocycles. The van der Waals surface area contributed by atoms with E-state index in [0.717, 1.165) is 49.6 Å². The van der Waals surface area contributed by atoms with Gasteiger partial charge in [-0.1, -0.05) is 6.92 Å². The minimum absolute atomic E-state index is 0.661. The zero-order valence-corrected chi connectivity index (χ0v) is 15.5. The van der Waals surface area contributed by atoms with Gasteiger partial charge in [-0.05, 0) is 38.5 Å². The Hall–Kier alpha value is -1.14. The summed E-state index contributed by atoms with van der Waals surface area (Å²) in [5, 5.41) is 4.48. The maximum atomic E-state index is 5.44. The van der Waals surface area contributed by atoms with Gasteiger partial charge in [0.15, 0.2) is 5.96 Å². The minimum atomic E-state index is 0.661. The van der Waals surface area contributed by atoms with Crippen LogP contribution in [0.5, 0.6) is 0 Å². The van der Waals surface area contributed by atoms with Gasteiger partial charge in [0, 0.05) is 44.4 Å². The third kappa shape index (κ3) is 6.11. The number of aryl methyl sites for hydroxylation is 1. The molecule has 0 atom stereocenters. The lowest BCUT2D eigenvalue weighted by molar-refractivity contribution is 0.0625. The van der Waals surface area contributed by atoms with E-state index in [1.807, 2.05) is 6.20 Å². The maximum absolute atomic E-state index is 5.44. The first kappa shape index (κ1) is 18.2. The van der Waals surface area contributed by atoms with Gasteiger partial charge in [-0.2, -0.15) is 0 Å². The van der Waals surface area contributed by atoms with Crippen molar-refractivity contribution < 1.29 is 4.74 Å². The molecule has 1 fully saturated rings. The van der Waals surface area contributed by atoms with Crippen molar-refractivity contribution in [3.63, 3.8) is 0 Å². The summed E-state index contributed by atoms with van der Waals surface area (Å²) in [6, 6.07) is 0. The molecule has 0 unspecified atom stereocenters. The lowest BCUT2D eigenvalue weighted by Crippen LogP contribution is -2.40. The van der Waals surface area contributed by atoms with Gasteiger partial charge in [0.05, 0.1) is 6.54 Å². The Balaban J connectivity index is 1.85. The van der Waals surface area contributed by atoms with Crippen LogP contribution in [-0.4, -0.2) is 49.2 Å². The second-order valence-electron chi connectivity index (χ2n) is 6.01. The molecule has 0 amide bonds. The van der Waals surface area contributed by atoms with Gasteiger partial charge in [-0.3, -0.25) is 0 Å². The molecule has 130 valence electrons. The molecular weight excluding hydrogens is 308 g/mol. The Morgan fingerprint density at radius 2 is 2.22 bits per heavy atom. The highest BCUT2D eigenvalue weighted by atomic mass is 32.1. The quantitative estimate of drug-likeness (QED) is 0.613. The molecule has 2 heterocycles. The lowest BCUT2D eigenvalue weighted by atomic mass is 9.96. The monoisotopic (exact) mass is 338 g/mol. The first-order valence-electron chi connectivity index (χ1n) is 8.73. The number of nitrogens with one attached hydrogen (secondary N) is 1. The van der Waals surface area contributed by atoms with E-state index >= 15 is 0 Å². The minimum Gasteiger partial charge on any atom is -0.381 e. The van der Waals surface area contributed by atoms with E-state index in [9.17, 15) is 0 Å². The molecule has 6 heteroatoms. The van der Waals surface area contributed by atoms with E-state index in [0.29, 0.717) is 6.54 Å². The number of nitrogens with zero attached hydrogens (tertiary/aromatic N) is 3. The fraction of sp³-hybridized carbons (Fsp3) is 0.765. The number of aromatic nitrogens is 1. The summed E-state index contributed by atoms with van der Waals surface area (Å²) < 4.78 is 5.44. The van der Waals surface area contributed by atoms with E-state index in [2.05, 4.69) is 36.1 Å². The van der Waals surface area contributed by atoms with Gasteiger partial charge in [0.2, 0.25) is 0 Å². The number of thiazole rings is 1. The van der Waals surface area contributed by atoms with Gasteiger partial charge >= 0.3 is 0 Å². The van der Waals surface area contributed by atoms with E-state index < -0.39 is 0 Å². The van der Waals surface area contributed by atoms with Crippen LogP contribution in [0, 0.1) is 5.92 Å². The van der Waals surface area contributed by atoms with Crippen LogP contribution < -0.4 is 5.32 Å². The van der Waals surface area contributed by atoms with E-state index in [1.54, 1.807) is 11.3 Å².